The van der Waals surface area contributed by atoms with Gasteiger partial charge >= 0.3 is 0 Å². The number of amides is 2. The maximum Gasteiger partial charge on any atom is 0.228 e. The van der Waals surface area contributed by atoms with Gasteiger partial charge in [-0.15, -0.1) is 0 Å². The van der Waals surface area contributed by atoms with Crippen molar-refractivity contribution in [2.75, 3.05) is 13.6 Å². The highest BCUT2D eigenvalue weighted by Crippen LogP contribution is 2.22. The van der Waals surface area contributed by atoms with Crippen LogP contribution >= 0.6 is 0 Å². The molecule has 3 heterocycles. The molecule has 7 nitrogen and oxygen atoms in total. The van der Waals surface area contributed by atoms with Gasteiger partial charge in [0.05, 0.1) is 18.2 Å². The summed E-state index contributed by atoms with van der Waals surface area (Å²) in [5, 5.41) is 6.71. The average molecular weight is 313 g/mol. The van der Waals surface area contributed by atoms with Crippen LogP contribution in [0.2, 0.25) is 0 Å². The lowest BCUT2D eigenvalue weighted by molar-refractivity contribution is -0.135. The quantitative estimate of drug-likeness (QED) is 0.885. The molecule has 0 aliphatic carbocycles. The molecule has 1 atom stereocenters. The zero-order chi connectivity index (χ0) is 16.2. The summed E-state index contributed by atoms with van der Waals surface area (Å²) in [6, 6.07) is 5.60. The normalized spacial score (nSPS) is 17.5. The van der Waals surface area contributed by atoms with Crippen molar-refractivity contribution in [1.82, 2.24) is 25.0 Å². The Kier molecular flexibility index (Phi) is 4.36. The van der Waals surface area contributed by atoms with Gasteiger partial charge in [-0.25, -0.2) is 0 Å². The smallest absolute Gasteiger partial charge is 0.228 e. The predicted molar refractivity (Wildman–Crippen MR) is 82.8 cm³/mol. The van der Waals surface area contributed by atoms with Gasteiger partial charge in [0.1, 0.15) is 0 Å². The van der Waals surface area contributed by atoms with Crippen LogP contribution in [0.1, 0.15) is 17.7 Å². The highest BCUT2D eigenvalue weighted by molar-refractivity contribution is 5.89. The SMILES string of the molecule is CN(Cc1ccn[nH]1)C(=O)[C@@H]1CC(=O)N(Cc2ccncc2)C1. The molecule has 0 bridgehead atoms. The first-order valence-corrected chi connectivity index (χ1v) is 7.53. The summed E-state index contributed by atoms with van der Waals surface area (Å²) in [4.78, 5) is 32.0. The van der Waals surface area contributed by atoms with Crippen LogP contribution in [0.4, 0.5) is 0 Å². The van der Waals surface area contributed by atoms with Gasteiger partial charge in [-0.3, -0.25) is 19.7 Å². The van der Waals surface area contributed by atoms with Crippen LogP contribution in [0.15, 0.2) is 36.8 Å². The summed E-state index contributed by atoms with van der Waals surface area (Å²) in [5.41, 5.74) is 1.89. The standard InChI is InChI=1S/C16H19N5O2/c1-20(11-14-4-7-18-19-14)16(23)13-8-15(22)21(10-13)9-12-2-5-17-6-3-12/h2-7,13H,8-11H2,1H3,(H,18,19)/t13-/m1/s1. The van der Waals surface area contributed by atoms with Crippen LogP contribution in [0.25, 0.3) is 0 Å². The zero-order valence-electron chi connectivity index (χ0n) is 13.0. The lowest BCUT2D eigenvalue weighted by atomic mass is 10.1. The summed E-state index contributed by atoms with van der Waals surface area (Å²) >= 11 is 0. The highest BCUT2D eigenvalue weighted by Gasteiger charge is 2.35. The van der Waals surface area contributed by atoms with Crippen molar-refractivity contribution in [2.24, 2.45) is 5.92 Å². The minimum atomic E-state index is -0.280. The zero-order valence-corrected chi connectivity index (χ0v) is 13.0. The Hall–Kier alpha value is -2.70. The summed E-state index contributed by atoms with van der Waals surface area (Å²) < 4.78 is 0. The van der Waals surface area contributed by atoms with E-state index in [1.54, 1.807) is 35.4 Å². The second-order valence-corrected chi connectivity index (χ2v) is 5.81. The molecule has 0 radical (unpaired) electrons. The first-order chi connectivity index (χ1) is 11.1. The van der Waals surface area contributed by atoms with Gasteiger partial charge in [-0.1, -0.05) is 0 Å². The Morgan fingerprint density at radius 1 is 1.35 bits per heavy atom. The number of aromatic nitrogens is 3. The van der Waals surface area contributed by atoms with Gasteiger partial charge in [-0.2, -0.15) is 5.10 Å². The summed E-state index contributed by atoms with van der Waals surface area (Å²) in [5.74, 6) is -0.266. The molecule has 1 fully saturated rings. The van der Waals surface area contributed by atoms with Crippen LogP contribution in [-0.2, 0) is 22.7 Å². The van der Waals surface area contributed by atoms with E-state index in [0.29, 0.717) is 19.6 Å². The molecule has 1 aliphatic heterocycles. The molecule has 1 aliphatic rings. The van der Waals surface area contributed by atoms with Gasteiger partial charge in [0.25, 0.3) is 0 Å². The third-order valence-electron chi connectivity index (χ3n) is 4.03. The highest BCUT2D eigenvalue weighted by atomic mass is 16.2. The third kappa shape index (κ3) is 3.56. The van der Waals surface area contributed by atoms with E-state index < -0.39 is 0 Å². The Balaban J connectivity index is 1.59. The minimum absolute atomic E-state index is 0.00909. The Morgan fingerprint density at radius 3 is 2.83 bits per heavy atom. The first kappa shape index (κ1) is 15.2. The van der Waals surface area contributed by atoms with Crippen molar-refractivity contribution >= 4 is 11.8 Å². The van der Waals surface area contributed by atoms with E-state index in [1.807, 2.05) is 18.2 Å². The van der Waals surface area contributed by atoms with Gasteiger partial charge in [0, 0.05) is 45.1 Å². The molecular formula is C16H19N5O2. The number of hydrogen-bond acceptors (Lipinski definition) is 4. The monoisotopic (exact) mass is 313 g/mol. The van der Waals surface area contributed by atoms with Crippen molar-refractivity contribution in [3.8, 4) is 0 Å². The molecule has 120 valence electrons. The summed E-state index contributed by atoms with van der Waals surface area (Å²) in [6.07, 6.45) is 5.34. The van der Waals surface area contributed by atoms with E-state index in [-0.39, 0.29) is 24.2 Å². The van der Waals surface area contributed by atoms with Gasteiger partial charge in [0.2, 0.25) is 11.8 Å². The first-order valence-electron chi connectivity index (χ1n) is 7.53. The molecule has 0 aromatic carbocycles. The molecule has 0 spiro atoms. The molecule has 2 aromatic heterocycles. The third-order valence-corrected chi connectivity index (χ3v) is 4.03. The fourth-order valence-corrected chi connectivity index (χ4v) is 2.82. The fraction of sp³-hybridized carbons (Fsp3) is 0.375. The number of H-pyrrole nitrogens is 1. The molecule has 1 saturated heterocycles. The topological polar surface area (TPSA) is 82.2 Å². The maximum atomic E-state index is 12.5. The Morgan fingerprint density at radius 2 is 2.13 bits per heavy atom. The lowest BCUT2D eigenvalue weighted by Crippen LogP contribution is -2.34. The predicted octanol–water partition coefficient (Wildman–Crippen LogP) is 0.812. The molecule has 0 saturated carbocycles. The van der Waals surface area contributed by atoms with Gasteiger partial charge < -0.3 is 9.80 Å². The van der Waals surface area contributed by atoms with Crippen LogP contribution in [-0.4, -0.2) is 50.4 Å². The number of hydrogen-bond donors (Lipinski definition) is 1. The van der Waals surface area contributed by atoms with E-state index in [1.165, 1.54) is 0 Å². The van der Waals surface area contributed by atoms with E-state index >= 15 is 0 Å². The molecular weight excluding hydrogens is 294 g/mol. The maximum absolute atomic E-state index is 12.5. The van der Waals surface area contributed by atoms with Crippen molar-refractivity contribution in [3.63, 3.8) is 0 Å². The number of nitrogens with one attached hydrogen (secondary N) is 1. The second-order valence-electron chi connectivity index (χ2n) is 5.81. The Labute approximate surface area is 134 Å². The van der Waals surface area contributed by atoms with Crippen molar-refractivity contribution in [2.45, 2.75) is 19.5 Å². The summed E-state index contributed by atoms with van der Waals surface area (Å²) in [6.45, 7) is 1.45. The largest absolute Gasteiger partial charge is 0.340 e. The van der Waals surface area contributed by atoms with E-state index in [2.05, 4.69) is 15.2 Å². The van der Waals surface area contributed by atoms with Crippen LogP contribution in [0.3, 0.4) is 0 Å². The number of pyridine rings is 1. The lowest BCUT2D eigenvalue weighted by Gasteiger charge is -2.21. The number of carbonyl (C=O) groups is 2. The van der Waals surface area contributed by atoms with E-state index in [9.17, 15) is 9.59 Å². The van der Waals surface area contributed by atoms with Crippen molar-refractivity contribution < 1.29 is 9.59 Å². The number of rotatable bonds is 5. The van der Waals surface area contributed by atoms with Gasteiger partial charge in [-0.05, 0) is 23.8 Å². The van der Waals surface area contributed by atoms with E-state index in [4.69, 9.17) is 0 Å². The second kappa shape index (κ2) is 6.60. The molecule has 3 rings (SSSR count). The van der Waals surface area contributed by atoms with Crippen molar-refractivity contribution in [3.05, 3.63) is 48.0 Å². The molecule has 2 aromatic rings. The molecule has 7 heteroatoms. The van der Waals surface area contributed by atoms with Crippen molar-refractivity contribution in [1.29, 1.82) is 0 Å². The molecule has 0 unspecified atom stereocenters. The molecule has 23 heavy (non-hydrogen) atoms. The van der Waals surface area contributed by atoms with Crippen LogP contribution in [0, 0.1) is 5.92 Å². The average Bonchev–Trinajstić information content (AvgIpc) is 3.18. The number of carbonyl (C=O) groups excluding carboxylic acids is 2. The Bertz CT molecular complexity index is 671. The molecule has 2 amide bonds. The summed E-state index contributed by atoms with van der Waals surface area (Å²) in [7, 11) is 1.75. The fourth-order valence-electron chi connectivity index (χ4n) is 2.82. The van der Waals surface area contributed by atoms with Crippen LogP contribution in [0.5, 0.6) is 0 Å². The number of aromatic amines is 1. The van der Waals surface area contributed by atoms with Gasteiger partial charge in [0.15, 0.2) is 0 Å². The number of nitrogens with zero attached hydrogens (tertiary/aromatic N) is 4. The molecule has 1 N–H and O–H groups in total. The minimum Gasteiger partial charge on any atom is -0.340 e. The van der Waals surface area contributed by atoms with E-state index in [0.717, 1.165) is 11.3 Å². The van der Waals surface area contributed by atoms with Crippen LogP contribution < -0.4 is 0 Å². The number of likely N-dealkylation sites (tertiary alicyclic amines) is 1.